The molecular weight excluding hydrogens is 280 g/mol. The first-order valence-electron chi connectivity index (χ1n) is 7.54. The summed E-state index contributed by atoms with van der Waals surface area (Å²) in [6.45, 7) is 4.73. The Morgan fingerprint density at radius 2 is 2.05 bits per heavy atom. The Bertz CT molecular complexity index is 525. The van der Waals surface area contributed by atoms with Crippen LogP contribution >= 0.6 is 11.3 Å². The van der Waals surface area contributed by atoms with Gasteiger partial charge in [-0.15, -0.1) is 11.3 Å². The third-order valence-electron chi connectivity index (χ3n) is 3.28. The van der Waals surface area contributed by atoms with Crippen LogP contribution in [-0.2, 0) is 24.1 Å². The number of nitrogens with one attached hydrogen (secondary N) is 1. The van der Waals surface area contributed by atoms with Crippen LogP contribution in [0.15, 0.2) is 30.3 Å². The van der Waals surface area contributed by atoms with Gasteiger partial charge in [-0.1, -0.05) is 43.7 Å². The van der Waals surface area contributed by atoms with Gasteiger partial charge in [-0.2, -0.15) is 0 Å². The summed E-state index contributed by atoms with van der Waals surface area (Å²) in [7, 11) is 1.73. The van der Waals surface area contributed by atoms with E-state index in [0.29, 0.717) is 0 Å². The van der Waals surface area contributed by atoms with Crippen LogP contribution in [0.4, 0.5) is 0 Å². The number of methoxy groups -OCH3 is 1. The maximum absolute atomic E-state index is 5.07. The van der Waals surface area contributed by atoms with E-state index in [9.17, 15) is 0 Å². The molecule has 0 spiro atoms. The molecule has 3 nitrogen and oxygen atoms in total. The van der Waals surface area contributed by atoms with E-state index < -0.39 is 0 Å². The van der Waals surface area contributed by atoms with Crippen molar-refractivity contribution in [1.29, 1.82) is 0 Å². The lowest BCUT2D eigenvalue weighted by atomic mass is 10.2. The summed E-state index contributed by atoms with van der Waals surface area (Å²) in [5, 5.41) is 4.64. The van der Waals surface area contributed by atoms with Crippen molar-refractivity contribution in [2.75, 3.05) is 20.3 Å². The Hall–Kier alpha value is -1.23. The maximum Gasteiger partial charge on any atom is 0.0975 e. The van der Waals surface area contributed by atoms with Crippen LogP contribution in [0.3, 0.4) is 0 Å². The fourth-order valence-electron chi connectivity index (χ4n) is 2.23. The van der Waals surface area contributed by atoms with E-state index in [-0.39, 0.29) is 0 Å². The molecule has 1 aromatic heterocycles. The molecular formula is C17H24N2OS. The second-order valence-corrected chi connectivity index (χ2v) is 6.23. The van der Waals surface area contributed by atoms with Crippen molar-refractivity contribution in [3.63, 3.8) is 0 Å². The standard InChI is InChI=1S/C17H24N2OS/c1-3-7-15-16(13-18-10-11-20-2)21-17(19-15)12-14-8-5-4-6-9-14/h4-6,8-9,18H,3,7,10-13H2,1-2H3. The monoisotopic (exact) mass is 304 g/mol. The van der Waals surface area contributed by atoms with Gasteiger partial charge in [-0.05, 0) is 12.0 Å². The van der Waals surface area contributed by atoms with Gasteiger partial charge < -0.3 is 10.1 Å². The van der Waals surface area contributed by atoms with E-state index in [1.165, 1.54) is 21.1 Å². The lowest BCUT2D eigenvalue weighted by Crippen LogP contribution is -2.18. The lowest BCUT2D eigenvalue weighted by molar-refractivity contribution is 0.199. The highest BCUT2D eigenvalue weighted by Gasteiger charge is 2.10. The maximum atomic E-state index is 5.07. The number of benzene rings is 1. The number of rotatable bonds is 9. The first-order valence-corrected chi connectivity index (χ1v) is 8.36. The van der Waals surface area contributed by atoms with Crippen LogP contribution in [-0.4, -0.2) is 25.2 Å². The van der Waals surface area contributed by atoms with Crippen molar-refractivity contribution in [3.8, 4) is 0 Å². The topological polar surface area (TPSA) is 34.2 Å². The van der Waals surface area contributed by atoms with Gasteiger partial charge >= 0.3 is 0 Å². The molecule has 2 rings (SSSR count). The van der Waals surface area contributed by atoms with Gasteiger partial charge in [0.25, 0.3) is 0 Å². The zero-order valence-corrected chi connectivity index (χ0v) is 13.7. The fraction of sp³-hybridized carbons (Fsp3) is 0.471. The molecule has 2 aromatic rings. The summed E-state index contributed by atoms with van der Waals surface area (Å²) >= 11 is 1.84. The minimum Gasteiger partial charge on any atom is -0.383 e. The molecule has 0 saturated carbocycles. The van der Waals surface area contributed by atoms with Crippen LogP contribution < -0.4 is 5.32 Å². The quantitative estimate of drug-likeness (QED) is 0.721. The number of aromatic nitrogens is 1. The summed E-state index contributed by atoms with van der Waals surface area (Å²) in [5.74, 6) is 0. The van der Waals surface area contributed by atoms with E-state index in [0.717, 1.165) is 39.0 Å². The predicted molar refractivity (Wildman–Crippen MR) is 88.9 cm³/mol. The van der Waals surface area contributed by atoms with Gasteiger partial charge in [0.2, 0.25) is 0 Å². The molecule has 0 unspecified atom stereocenters. The van der Waals surface area contributed by atoms with Crippen LogP contribution in [0, 0.1) is 0 Å². The van der Waals surface area contributed by atoms with Gasteiger partial charge in [-0.3, -0.25) is 0 Å². The van der Waals surface area contributed by atoms with Crippen LogP contribution in [0.1, 0.15) is 34.5 Å². The van der Waals surface area contributed by atoms with E-state index in [4.69, 9.17) is 9.72 Å². The molecule has 114 valence electrons. The van der Waals surface area contributed by atoms with E-state index in [1.807, 2.05) is 11.3 Å². The van der Waals surface area contributed by atoms with Crippen LogP contribution in [0.5, 0.6) is 0 Å². The Labute approximate surface area is 131 Å². The molecule has 0 saturated heterocycles. The second kappa shape index (κ2) is 8.93. The number of nitrogens with zero attached hydrogens (tertiary/aromatic N) is 1. The lowest BCUT2D eigenvalue weighted by Gasteiger charge is -2.03. The molecule has 0 aliphatic rings. The highest BCUT2D eigenvalue weighted by molar-refractivity contribution is 7.11. The molecule has 0 bridgehead atoms. The molecule has 0 aliphatic carbocycles. The summed E-state index contributed by atoms with van der Waals surface area (Å²) in [6.07, 6.45) is 3.13. The molecule has 4 heteroatoms. The van der Waals surface area contributed by atoms with Crippen molar-refractivity contribution >= 4 is 11.3 Å². The average Bonchev–Trinajstić information content (AvgIpc) is 2.87. The van der Waals surface area contributed by atoms with Crippen molar-refractivity contribution in [3.05, 3.63) is 51.5 Å². The highest BCUT2D eigenvalue weighted by Crippen LogP contribution is 2.22. The third-order valence-corrected chi connectivity index (χ3v) is 4.37. The van der Waals surface area contributed by atoms with Crippen molar-refractivity contribution in [1.82, 2.24) is 10.3 Å². The smallest absolute Gasteiger partial charge is 0.0975 e. The molecule has 1 N–H and O–H groups in total. The van der Waals surface area contributed by atoms with E-state index in [2.05, 4.69) is 42.6 Å². The van der Waals surface area contributed by atoms with E-state index in [1.54, 1.807) is 7.11 Å². The number of thiazole rings is 1. The zero-order chi connectivity index (χ0) is 14.9. The van der Waals surface area contributed by atoms with Gasteiger partial charge in [0, 0.05) is 31.5 Å². The molecule has 0 aliphatic heterocycles. The third kappa shape index (κ3) is 5.23. The highest BCUT2D eigenvalue weighted by atomic mass is 32.1. The first-order chi connectivity index (χ1) is 10.3. The summed E-state index contributed by atoms with van der Waals surface area (Å²) in [5.41, 5.74) is 2.59. The van der Waals surface area contributed by atoms with Crippen LogP contribution in [0.2, 0.25) is 0 Å². The Morgan fingerprint density at radius 3 is 2.76 bits per heavy atom. The Balaban J connectivity index is 2.01. The number of hydrogen-bond donors (Lipinski definition) is 1. The Morgan fingerprint density at radius 1 is 1.24 bits per heavy atom. The van der Waals surface area contributed by atoms with E-state index >= 15 is 0 Å². The SMILES string of the molecule is CCCc1nc(Cc2ccccc2)sc1CNCCOC. The summed E-state index contributed by atoms with van der Waals surface area (Å²) in [6, 6.07) is 10.6. The van der Waals surface area contributed by atoms with Crippen molar-refractivity contribution in [2.24, 2.45) is 0 Å². The van der Waals surface area contributed by atoms with Gasteiger partial charge in [0.05, 0.1) is 17.3 Å². The normalized spacial score (nSPS) is 11.0. The van der Waals surface area contributed by atoms with Crippen molar-refractivity contribution < 1.29 is 4.74 Å². The van der Waals surface area contributed by atoms with Gasteiger partial charge in [0.1, 0.15) is 0 Å². The number of ether oxygens (including phenoxy) is 1. The zero-order valence-electron chi connectivity index (χ0n) is 12.9. The molecule has 21 heavy (non-hydrogen) atoms. The molecule has 0 fully saturated rings. The number of hydrogen-bond acceptors (Lipinski definition) is 4. The summed E-state index contributed by atoms with van der Waals surface area (Å²) in [4.78, 5) is 6.22. The minimum atomic E-state index is 0.749. The first kappa shape index (κ1) is 16.1. The second-order valence-electron chi connectivity index (χ2n) is 5.06. The molecule has 0 atom stereocenters. The summed E-state index contributed by atoms with van der Waals surface area (Å²) < 4.78 is 5.07. The minimum absolute atomic E-state index is 0.749. The van der Waals surface area contributed by atoms with Crippen LogP contribution in [0.25, 0.3) is 0 Å². The van der Waals surface area contributed by atoms with Gasteiger partial charge in [-0.25, -0.2) is 4.98 Å². The number of aryl methyl sites for hydroxylation is 1. The van der Waals surface area contributed by atoms with Gasteiger partial charge in [0.15, 0.2) is 0 Å². The molecule has 0 radical (unpaired) electrons. The largest absolute Gasteiger partial charge is 0.383 e. The fourth-order valence-corrected chi connectivity index (χ4v) is 3.35. The Kier molecular flexibility index (Phi) is 6.86. The van der Waals surface area contributed by atoms with Crippen molar-refractivity contribution in [2.45, 2.75) is 32.7 Å². The molecule has 1 aromatic carbocycles. The molecule has 0 amide bonds. The predicted octanol–water partition coefficient (Wildman–Crippen LogP) is 3.42. The average molecular weight is 304 g/mol. The molecule has 1 heterocycles.